The lowest BCUT2D eigenvalue weighted by atomic mass is 9.95. The van der Waals surface area contributed by atoms with Crippen LogP contribution in [0.1, 0.15) is 11.1 Å². The van der Waals surface area contributed by atoms with Crippen LogP contribution in [-0.4, -0.2) is 39.0 Å². The lowest BCUT2D eigenvalue weighted by molar-refractivity contribution is 1.07. The third-order valence-electron chi connectivity index (χ3n) is 18.2. The third kappa shape index (κ3) is 10.8. The minimum atomic E-state index is 0.395. The highest BCUT2D eigenvalue weighted by Crippen LogP contribution is 2.45. The molecule has 0 N–H and O–H groups in total. The van der Waals surface area contributed by atoms with Crippen LogP contribution in [0.5, 0.6) is 0 Å². The molecule has 4 aromatic heterocycles. The van der Waals surface area contributed by atoms with E-state index in [1.54, 1.807) is 12.1 Å². The van der Waals surface area contributed by atoms with E-state index in [2.05, 4.69) is 177 Å². The van der Waals surface area contributed by atoms with Gasteiger partial charge in [-0.2, -0.15) is 10.5 Å². The topological polar surface area (TPSA) is 144 Å². The maximum absolute atomic E-state index is 10.1. The molecular formula is C88H50N12. The number of hydrogen-bond donors (Lipinski definition) is 0. The van der Waals surface area contributed by atoms with Gasteiger partial charge >= 0.3 is 0 Å². The highest BCUT2D eigenvalue weighted by atomic mass is 15.1. The molecule has 0 aliphatic rings. The molecule has 0 atom stereocenters. The van der Waals surface area contributed by atoms with Crippen LogP contribution in [0, 0.1) is 35.8 Å². The summed E-state index contributed by atoms with van der Waals surface area (Å²) in [7, 11) is 0. The third-order valence-corrected chi connectivity index (χ3v) is 18.2. The Morgan fingerprint density at radius 2 is 0.570 bits per heavy atom. The van der Waals surface area contributed by atoms with Crippen molar-refractivity contribution in [3.8, 4) is 136 Å². The SMILES string of the molecule is [C-]#[N+]c1cc(C#N)cc(-c2ccc3c(c2)c2ccccc2n3-c2cc(-c3nc(-c4ccccc4)nc(-c4ccccc4)n3)ccc2-c2cccc(-c3ccc(-c4nc(-c5ccccc5)nc(-c5ccccc5)n4)cc3-n3c4ccccc4c4cc(-c5cc(C#N)cc([N+]#[C-])c5)ccc43)c2)c1. The van der Waals surface area contributed by atoms with Gasteiger partial charge in [0, 0.05) is 77.2 Å². The minimum Gasteiger partial charge on any atom is -0.309 e. The second-order valence-electron chi connectivity index (χ2n) is 24.3. The Labute approximate surface area is 574 Å². The summed E-state index contributed by atoms with van der Waals surface area (Å²) in [4.78, 5) is 38.6. The van der Waals surface area contributed by atoms with E-state index in [4.69, 9.17) is 43.0 Å². The van der Waals surface area contributed by atoms with Crippen LogP contribution < -0.4 is 0 Å². The molecule has 0 aliphatic carbocycles. The average molecular weight is 1280 g/mol. The number of fused-ring (bicyclic) bond motifs is 6. The van der Waals surface area contributed by atoms with E-state index in [1.807, 2.05) is 146 Å². The van der Waals surface area contributed by atoms with Gasteiger partial charge in [0.05, 0.1) is 58.7 Å². The summed E-state index contributed by atoms with van der Waals surface area (Å²) in [6.45, 7) is 15.8. The van der Waals surface area contributed by atoms with Crippen LogP contribution in [0.2, 0.25) is 0 Å². The zero-order valence-electron chi connectivity index (χ0n) is 53.2. The van der Waals surface area contributed by atoms with E-state index < -0.39 is 0 Å². The highest BCUT2D eigenvalue weighted by molar-refractivity contribution is 6.13. The van der Waals surface area contributed by atoms with Crippen LogP contribution in [0.3, 0.4) is 0 Å². The molecule has 12 heteroatoms. The first-order chi connectivity index (χ1) is 49.3. The fraction of sp³-hybridized carbons (Fsp3) is 0. The lowest BCUT2D eigenvalue weighted by Crippen LogP contribution is -2.03. The summed E-state index contributed by atoms with van der Waals surface area (Å²) in [5.41, 5.74) is 19.2. The van der Waals surface area contributed by atoms with Crippen molar-refractivity contribution in [3.63, 3.8) is 0 Å². The van der Waals surface area contributed by atoms with Crippen LogP contribution in [-0.2, 0) is 0 Å². The summed E-state index contributed by atoms with van der Waals surface area (Å²) >= 11 is 0. The number of nitrogens with zero attached hydrogens (tertiary/aromatic N) is 12. The van der Waals surface area contributed by atoms with Crippen molar-refractivity contribution in [2.24, 2.45) is 0 Å². The Balaban J connectivity index is 0.901. The molecule has 0 amide bonds. The predicted octanol–water partition coefficient (Wildman–Crippen LogP) is 21.8. The number of nitriles is 2. The van der Waals surface area contributed by atoms with Crippen molar-refractivity contribution < 1.29 is 0 Å². The zero-order valence-corrected chi connectivity index (χ0v) is 53.2. The van der Waals surface area contributed by atoms with Gasteiger partial charge in [-0.3, -0.25) is 0 Å². The summed E-state index contributed by atoms with van der Waals surface area (Å²) in [6, 6.07) is 106. The first kappa shape index (κ1) is 59.2. The Bertz CT molecular complexity index is 5770. The number of hydrogen-bond acceptors (Lipinski definition) is 8. The molecule has 0 bridgehead atoms. The standard InChI is InChI=1S/C88H50N12/c1-91-69-44-55(53-89)42-67(47-69)61-36-40-79-75(49-61)73-30-15-17-32-77(73)99(79)81-51-65(87-95-83(57-20-7-3-8-21-57)93-84(96-87)58-22-9-4-10-23-58)34-38-71(81)63-28-19-29-64(46-63)72-39-35-66(88-97-85(59-24-11-5-12-25-59)94-86(98-88)60-26-13-6-14-27-60)52-82(72)100-78-33-18-16-31-74(78)76-50-62(37-41-80(76)100)68-43-56(54-90)45-70(48-68)92-2/h3-52H. The monoisotopic (exact) mass is 1270 g/mol. The van der Waals surface area contributed by atoms with Crippen LogP contribution >= 0.6 is 0 Å². The summed E-state index contributed by atoms with van der Waals surface area (Å²) in [5.74, 6) is 3.18. The Morgan fingerprint density at radius 3 is 0.930 bits per heavy atom. The van der Waals surface area contributed by atoms with Crippen molar-refractivity contribution in [1.82, 2.24) is 39.0 Å². The molecule has 0 aliphatic heterocycles. The fourth-order valence-electron chi connectivity index (χ4n) is 13.6. The Morgan fingerprint density at radius 1 is 0.250 bits per heavy atom. The van der Waals surface area contributed by atoms with Gasteiger partial charge in [0.2, 0.25) is 0 Å². The van der Waals surface area contributed by atoms with Gasteiger partial charge in [0.1, 0.15) is 0 Å². The van der Waals surface area contributed by atoms with Crippen molar-refractivity contribution in [1.29, 1.82) is 10.5 Å². The van der Waals surface area contributed by atoms with Crippen molar-refractivity contribution in [3.05, 3.63) is 337 Å². The number of benzene rings is 13. The molecule has 100 heavy (non-hydrogen) atoms. The van der Waals surface area contributed by atoms with Gasteiger partial charge in [-0.25, -0.2) is 39.6 Å². The normalized spacial score (nSPS) is 11.2. The maximum atomic E-state index is 10.1. The van der Waals surface area contributed by atoms with Crippen molar-refractivity contribution in [2.75, 3.05) is 0 Å². The van der Waals surface area contributed by atoms with Gasteiger partial charge in [-0.1, -0.05) is 212 Å². The van der Waals surface area contributed by atoms with Gasteiger partial charge in [-0.15, -0.1) is 0 Å². The van der Waals surface area contributed by atoms with E-state index in [0.717, 1.165) is 133 Å². The van der Waals surface area contributed by atoms with E-state index in [0.29, 0.717) is 57.4 Å². The molecule has 13 aromatic carbocycles. The van der Waals surface area contributed by atoms with Crippen molar-refractivity contribution >= 4 is 55.0 Å². The number of rotatable bonds is 12. The molecule has 0 radical (unpaired) electrons. The van der Waals surface area contributed by atoms with Gasteiger partial charge in [0.25, 0.3) is 0 Å². The maximum Gasteiger partial charge on any atom is 0.189 e. The Hall–Kier alpha value is -14.6. The fourth-order valence-corrected chi connectivity index (χ4v) is 13.6. The molecule has 0 saturated carbocycles. The molecule has 4 heterocycles. The van der Waals surface area contributed by atoms with Crippen LogP contribution in [0.15, 0.2) is 303 Å². The van der Waals surface area contributed by atoms with Gasteiger partial charge in [-0.05, 0) is 124 Å². The molecular weight excluding hydrogens is 1230 g/mol. The highest BCUT2D eigenvalue weighted by Gasteiger charge is 2.24. The van der Waals surface area contributed by atoms with Gasteiger partial charge in [0.15, 0.2) is 46.3 Å². The van der Waals surface area contributed by atoms with E-state index in [1.165, 1.54) is 0 Å². The largest absolute Gasteiger partial charge is 0.309 e. The minimum absolute atomic E-state index is 0.395. The lowest BCUT2D eigenvalue weighted by Gasteiger charge is -2.19. The van der Waals surface area contributed by atoms with Gasteiger partial charge < -0.3 is 9.13 Å². The van der Waals surface area contributed by atoms with Crippen LogP contribution in [0.4, 0.5) is 11.4 Å². The number of para-hydroxylation sites is 2. The van der Waals surface area contributed by atoms with E-state index >= 15 is 0 Å². The zero-order chi connectivity index (χ0) is 67.2. The first-order valence-corrected chi connectivity index (χ1v) is 32.4. The van der Waals surface area contributed by atoms with Crippen LogP contribution in [0.25, 0.3) is 178 Å². The molecule has 0 fully saturated rings. The second kappa shape index (κ2) is 25.0. The smallest absolute Gasteiger partial charge is 0.189 e. The van der Waals surface area contributed by atoms with E-state index in [-0.39, 0.29) is 0 Å². The number of aromatic nitrogens is 8. The quantitative estimate of drug-likeness (QED) is 0.110. The first-order valence-electron chi connectivity index (χ1n) is 32.4. The molecule has 17 aromatic rings. The molecule has 17 rings (SSSR count). The molecule has 0 spiro atoms. The predicted molar refractivity (Wildman–Crippen MR) is 398 cm³/mol. The average Bonchev–Trinajstić information content (AvgIpc) is 1.57. The Kier molecular flexibility index (Phi) is 14.8. The summed E-state index contributed by atoms with van der Waals surface area (Å²) < 4.78 is 4.64. The molecule has 0 saturated heterocycles. The summed E-state index contributed by atoms with van der Waals surface area (Å²) in [6.07, 6.45) is 0. The molecule has 0 unspecified atom stereocenters. The molecule has 12 nitrogen and oxygen atoms in total. The second-order valence-corrected chi connectivity index (χ2v) is 24.3. The van der Waals surface area contributed by atoms with Crippen molar-refractivity contribution in [2.45, 2.75) is 0 Å². The van der Waals surface area contributed by atoms with E-state index in [9.17, 15) is 10.5 Å². The molecule has 462 valence electrons. The summed E-state index contributed by atoms with van der Waals surface area (Å²) in [5, 5.41) is 24.1.